The molecule has 8 nitrogen and oxygen atoms in total. The molecule has 0 unspecified atom stereocenters. The van der Waals surface area contributed by atoms with Crippen LogP contribution in [0, 0.1) is 13.8 Å². The standard InChI is InChI=1S/C17H20N6O2/c1-11-6-14(20-9-18-11)16(24)22-13-4-3-5-23(8-13)17(25)15-7-12(2)19-10-21-15/h6-7,9-10,13H,3-5,8H2,1-2H3,(H,22,24)/t13-/m1/s1. The van der Waals surface area contributed by atoms with E-state index in [1.54, 1.807) is 17.0 Å². The second-order valence-corrected chi connectivity index (χ2v) is 6.15. The molecule has 130 valence electrons. The van der Waals surface area contributed by atoms with Crippen molar-refractivity contribution in [3.05, 3.63) is 47.6 Å². The summed E-state index contributed by atoms with van der Waals surface area (Å²) >= 11 is 0. The van der Waals surface area contributed by atoms with Crippen molar-refractivity contribution in [2.24, 2.45) is 0 Å². The fourth-order valence-electron chi connectivity index (χ4n) is 2.85. The molecule has 1 N–H and O–H groups in total. The van der Waals surface area contributed by atoms with Gasteiger partial charge in [-0.05, 0) is 38.8 Å². The number of carbonyl (C=O) groups excluding carboxylic acids is 2. The van der Waals surface area contributed by atoms with Crippen LogP contribution >= 0.6 is 0 Å². The van der Waals surface area contributed by atoms with Gasteiger partial charge in [-0.3, -0.25) is 9.59 Å². The van der Waals surface area contributed by atoms with Gasteiger partial charge in [0.15, 0.2) is 0 Å². The second kappa shape index (κ2) is 7.33. The lowest BCUT2D eigenvalue weighted by Crippen LogP contribution is -2.49. The molecule has 0 saturated carbocycles. The van der Waals surface area contributed by atoms with Gasteiger partial charge in [0.1, 0.15) is 24.0 Å². The maximum atomic E-state index is 12.6. The summed E-state index contributed by atoms with van der Waals surface area (Å²) in [6.07, 6.45) is 4.41. The number of aryl methyl sites for hydroxylation is 2. The molecule has 1 aliphatic rings. The zero-order valence-electron chi connectivity index (χ0n) is 14.3. The number of hydrogen-bond donors (Lipinski definition) is 1. The Labute approximate surface area is 145 Å². The van der Waals surface area contributed by atoms with Crippen molar-refractivity contribution in [2.75, 3.05) is 13.1 Å². The van der Waals surface area contributed by atoms with Crippen molar-refractivity contribution < 1.29 is 9.59 Å². The van der Waals surface area contributed by atoms with Gasteiger partial charge in [0, 0.05) is 30.5 Å². The highest BCUT2D eigenvalue weighted by atomic mass is 16.2. The molecule has 0 bridgehead atoms. The van der Waals surface area contributed by atoms with Gasteiger partial charge < -0.3 is 10.2 Å². The number of hydrogen-bond acceptors (Lipinski definition) is 6. The molecule has 0 aromatic carbocycles. The van der Waals surface area contributed by atoms with E-state index in [1.165, 1.54) is 12.7 Å². The minimum Gasteiger partial charge on any atom is -0.346 e. The predicted molar refractivity (Wildman–Crippen MR) is 89.9 cm³/mol. The number of rotatable bonds is 3. The number of likely N-dealkylation sites (tertiary alicyclic amines) is 1. The number of nitrogens with one attached hydrogen (secondary N) is 1. The zero-order chi connectivity index (χ0) is 17.8. The van der Waals surface area contributed by atoms with Crippen molar-refractivity contribution in [2.45, 2.75) is 32.7 Å². The van der Waals surface area contributed by atoms with Gasteiger partial charge >= 0.3 is 0 Å². The van der Waals surface area contributed by atoms with Crippen molar-refractivity contribution in [1.82, 2.24) is 30.2 Å². The van der Waals surface area contributed by atoms with Crippen LogP contribution in [-0.4, -0.2) is 55.8 Å². The zero-order valence-corrected chi connectivity index (χ0v) is 14.3. The first-order chi connectivity index (χ1) is 12.0. The molecule has 0 aliphatic carbocycles. The molecule has 1 atom stereocenters. The van der Waals surface area contributed by atoms with Crippen LogP contribution in [0.15, 0.2) is 24.8 Å². The van der Waals surface area contributed by atoms with Crippen LogP contribution in [0.3, 0.4) is 0 Å². The van der Waals surface area contributed by atoms with E-state index in [0.29, 0.717) is 24.5 Å². The van der Waals surface area contributed by atoms with Crippen LogP contribution in [0.25, 0.3) is 0 Å². The van der Waals surface area contributed by atoms with Crippen molar-refractivity contribution in [3.8, 4) is 0 Å². The highest BCUT2D eigenvalue weighted by Crippen LogP contribution is 2.14. The summed E-state index contributed by atoms with van der Waals surface area (Å²) in [4.78, 5) is 42.7. The lowest BCUT2D eigenvalue weighted by atomic mass is 10.0. The quantitative estimate of drug-likeness (QED) is 0.891. The number of aromatic nitrogens is 4. The molecule has 8 heteroatoms. The molecule has 0 radical (unpaired) electrons. The van der Waals surface area contributed by atoms with E-state index < -0.39 is 0 Å². The number of carbonyl (C=O) groups is 2. The van der Waals surface area contributed by atoms with Crippen LogP contribution in [-0.2, 0) is 0 Å². The molecule has 2 aromatic rings. The molecule has 25 heavy (non-hydrogen) atoms. The first kappa shape index (κ1) is 16.9. The molecule has 2 aromatic heterocycles. The Balaban J connectivity index is 1.65. The molecule has 3 heterocycles. The predicted octanol–water partition coefficient (Wildman–Crippen LogP) is 0.918. The summed E-state index contributed by atoms with van der Waals surface area (Å²) in [5, 5.41) is 2.95. The SMILES string of the molecule is Cc1cc(C(=O)N[C@@H]2CCCN(C(=O)c3cc(C)ncn3)C2)ncn1. The summed E-state index contributed by atoms with van der Waals surface area (Å²) in [5.41, 5.74) is 2.20. The Morgan fingerprint density at radius 3 is 2.36 bits per heavy atom. The van der Waals surface area contributed by atoms with E-state index in [4.69, 9.17) is 0 Å². The highest BCUT2D eigenvalue weighted by Gasteiger charge is 2.26. The van der Waals surface area contributed by atoms with Gasteiger partial charge in [-0.1, -0.05) is 0 Å². The van der Waals surface area contributed by atoms with Crippen molar-refractivity contribution in [3.63, 3.8) is 0 Å². The lowest BCUT2D eigenvalue weighted by Gasteiger charge is -2.33. The number of piperidine rings is 1. The minimum atomic E-state index is -0.248. The van der Waals surface area contributed by atoms with Gasteiger partial charge in [0.2, 0.25) is 0 Å². The van der Waals surface area contributed by atoms with Crippen molar-refractivity contribution in [1.29, 1.82) is 0 Å². The largest absolute Gasteiger partial charge is 0.346 e. The van der Waals surface area contributed by atoms with Gasteiger partial charge in [-0.15, -0.1) is 0 Å². The van der Waals surface area contributed by atoms with Crippen LogP contribution in [0.2, 0.25) is 0 Å². The molecular formula is C17H20N6O2. The molecule has 0 spiro atoms. The molecule has 3 rings (SSSR count). The molecule has 1 fully saturated rings. The van der Waals surface area contributed by atoms with E-state index in [9.17, 15) is 9.59 Å². The summed E-state index contributed by atoms with van der Waals surface area (Å²) in [5.74, 6) is -0.384. The smallest absolute Gasteiger partial charge is 0.272 e. The molecular weight excluding hydrogens is 320 g/mol. The second-order valence-electron chi connectivity index (χ2n) is 6.15. The summed E-state index contributed by atoms with van der Waals surface area (Å²) in [6.45, 7) is 4.74. The first-order valence-electron chi connectivity index (χ1n) is 8.20. The summed E-state index contributed by atoms with van der Waals surface area (Å²) in [7, 11) is 0. The third-order valence-electron chi connectivity index (χ3n) is 4.10. The van der Waals surface area contributed by atoms with Gasteiger partial charge in [-0.2, -0.15) is 0 Å². The first-order valence-corrected chi connectivity index (χ1v) is 8.20. The Bertz CT molecular complexity index is 794. The lowest BCUT2D eigenvalue weighted by molar-refractivity contribution is 0.0669. The Morgan fingerprint density at radius 2 is 1.68 bits per heavy atom. The van der Waals surface area contributed by atoms with E-state index >= 15 is 0 Å². The van der Waals surface area contributed by atoms with Crippen LogP contribution in [0.5, 0.6) is 0 Å². The van der Waals surface area contributed by atoms with Crippen molar-refractivity contribution >= 4 is 11.8 Å². The van der Waals surface area contributed by atoms with Gasteiger partial charge in [-0.25, -0.2) is 19.9 Å². The van der Waals surface area contributed by atoms with Gasteiger partial charge in [0.25, 0.3) is 11.8 Å². The van der Waals surface area contributed by atoms with E-state index in [1.807, 2.05) is 13.8 Å². The van der Waals surface area contributed by atoms with Crippen LogP contribution in [0.4, 0.5) is 0 Å². The molecule has 1 saturated heterocycles. The number of nitrogens with zero attached hydrogens (tertiary/aromatic N) is 5. The monoisotopic (exact) mass is 340 g/mol. The average molecular weight is 340 g/mol. The van der Waals surface area contributed by atoms with E-state index in [-0.39, 0.29) is 17.9 Å². The van der Waals surface area contributed by atoms with Gasteiger partial charge in [0.05, 0.1) is 0 Å². The third-order valence-corrected chi connectivity index (χ3v) is 4.10. The summed E-state index contributed by atoms with van der Waals surface area (Å²) in [6, 6.07) is 3.21. The summed E-state index contributed by atoms with van der Waals surface area (Å²) < 4.78 is 0. The Kier molecular flexibility index (Phi) is 4.97. The molecule has 2 amide bonds. The van der Waals surface area contributed by atoms with E-state index in [0.717, 1.165) is 24.2 Å². The van der Waals surface area contributed by atoms with E-state index in [2.05, 4.69) is 25.3 Å². The van der Waals surface area contributed by atoms with Crippen LogP contribution in [0.1, 0.15) is 45.2 Å². The Morgan fingerprint density at radius 1 is 1.04 bits per heavy atom. The maximum Gasteiger partial charge on any atom is 0.272 e. The topological polar surface area (TPSA) is 101 Å². The minimum absolute atomic E-state index is 0.108. The maximum absolute atomic E-state index is 12.6. The number of amides is 2. The van der Waals surface area contributed by atoms with Crippen LogP contribution < -0.4 is 5.32 Å². The molecule has 1 aliphatic heterocycles. The fraction of sp³-hybridized carbons (Fsp3) is 0.412. The average Bonchev–Trinajstić information content (AvgIpc) is 2.61. The third kappa shape index (κ3) is 4.14. The normalized spacial score (nSPS) is 17.2. The fourth-order valence-corrected chi connectivity index (χ4v) is 2.85. The highest BCUT2D eigenvalue weighted by molar-refractivity contribution is 5.93. The Hall–Kier alpha value is -2.90.